The van der Waals surface area contributed by atoms with E-state index in [1.165, 1.54) is 14.0 Å². The fraction of sp³-hybridized carbons (Fsp3) is 0.353. The number of nitrogens with zero attached hydrogens (tertiary/aromatic N) is 1. The van der Waals surface area contributed by atoms with Crippen LogP contribution in [0.1, 0.15) is 30.8 Å². The van der Waals surface area contributed by atoms with Gasteiger partial charge in [-0.25, -0.2) is 17.2 Å². The molecule has 1 aromatic carbocycles. The maximum absolute atomic E-state index is 13.4. The SMILES string of the molecule is CCC(C)(NS(=O)(=O)c1cc(C(=O)Nc2cc(F)c(F)c(Cl)c2)n(C)c1)C(F)(F)F. The van der Waals surface area contributed by atoms with Gasteiger partial charge < -0.3 is 9.88 Å². The molecular weight excluding hydrogens is 457 g/mol. The molecule has 1 heterocycles. The van der Waals surface area contributed by atoms with Gasteiger partial charge in [0.25, 0.3) is 5.91 Å². The third-order valence-electron chi connectivity index (χ3n) is 4.46. The Kier molecular flexibility index (Phi) is 6.55. The summed E-state index contributed by atoms with van der Waals surface area (Å²) in [7, 11) is -3.36. The number of rotatable bonds is 6. The molecule has 1 aromatic heterocycles. The monoisotopic (exact) mass is 473 g/mol. The molecular formula is C17H17ClF5N3O3S. The Hall–Kier alpha value is -2.18. The number of carbonyl (C=O) groups is 1. The van der Waals surface area contributed by atoms with E-state index < -0.39 is 55.6 Å². The Bertz CT molecular complexity index is 1060. The zero-order valence-corrected chi connectivity index (χ0v) is 17.4. The molecule has 0 saturated carbocycles. The van der Waals surface area contributed by atoms with Crippen molar-refractivity contribution in [1.29, 1.82) is 0 Å². The normalized spacial score (nSPS) is 14.4. The van der Waals surface area contributed by atoms with E-state index in [0.29, 0.717) is 13.0 Å². The molecule has 1 amide bonds. The summed E-state index contributed by atoms with van der Waals surface area (Å²) in [4.78, 5) is 11.8. The molecule has 30 heavy (non-hydrogen) atoms. The van der Waals surface area contributed by atoms with Gasteiger partial charge in [0.1, 0.15) is 16.1 Å². The first-order valence-electron chi connectivity index (χ1n) is 8.34. The van der Waals surface area contributed by atoms with Crippen LogP contribution in [0.2, 0.25) is 5.02 Å². The number of benzene rings is 1. The van der Waals surface area contributed by atoms with Crippen LogP contribution in [0.3, 0.4) is 0 Å². The van der Waals surface area contributed by atoms with Gasteiger partial charge in [-0.3, -0.25) is 4.79 Å². The topological polar surface area (TPSA) is 80.2 Å². The Morgan fingerprint density at radius 2 is 1.80 bits per heavy atom. The molecule has 1 atom stereocenters. The number of alkyl halides is 3. The van der Waals surface area contributed by atoms with Crippen molar-refractivity contribution in [2.75, 3.05) is 5.32 Å². The smallest absolute Gasteiger partial charge is 0.345 e. The van der Waals surface area contributed by atoms with E-state index in [1.54, 1.807) is 4.72 Å². The van der Waals surface area contributed by atoms with Crippen molar-refractivity contribution < 1.29 is 35.2 Å². The molecule has 0 bridgehead atoms. The fourth-order valence-electron chi connectivity index (χ4n) is 2.42. The number of hydrogen-bond donors (Lipinski definition) is 2. The summed E-state index contributed by atoms with van der Waals surface area (Å²) in [5.41, 5.74) is -3.18. The van der Waals surface area contributed by atoms with Crippen molar-refractivity contribution in [3.63, 3.8) is 0 Å². The molecule has 0 aliphatic heterocycles. The van der Waals surface area contributed by atoms with Gasteiger partial charge >= 0.3 is 6.18 Å². The molecule has 0 spiro atoms. The van der Waals surface area contributed by atoms with Crippen molar-refractivity contribution in [3.05, 3.63) is 46.7 Å². The highest BCUT2D eigenvalue weighted by Gasteiger charge is 2.52. The molecule has 13 heteroatoms. The minimum Gasteiger partial charge on any atom is -0.345 e. The first kappa shape index (κ1) is 24.1. The summed E-state index contributed by atoms with van der Waals surface area (Å²) in [5.74, 6) is -3.55. The molecule has 6 nitrogen and oxygen atoms in total. The predicted octanol–water partition coefficient (Wildman–Crippen LogP) is 4.22. The van der Waals surface area contributed by atoms with Gasteiger partial charge in [0.2, 0.25) is 10.0 Å². The van der Waals surface area contributed by atoms with Crippen LogP contribution >= 0.6 is 11.6 Å². The van der Waals surface area contributed by atoms with E-state index in [9.17, 15) is 35.2 Å². The van der Waals surface area contributed by atoms with E-state index in [1.807, 2.05) is 0 Å². The van der Waals surface area contributed by atoms with Gasteiger partial charge in [-0.2, -0.15) is 17.9 Å². The average molecular weight is 474 g/mol. The second-order valence-electron chi connectivity index (χ2n) is 6.67. The highest BCUT2D eigenvalue weighted by atomic mass is 35.5. The van der Waals surface area contributed by atoms with Crippen molar-refractivity contribution in [1.82, 2.24) is 9.29 Å². The molecule has 1 unspecified atom stereocenters. The third-order valence-corrected chi connectivity index (χ3v) is 6.30. The number of hydrogen-bond acceptors (Lipinski definition) is 3. The fourth-order valence-corrected chi connectivity index (χ4v) is 4.16. The van der Waals surface area contributed by atoms with Crippen molar-refractivity contribution >= 4 is 33.2 Å². The van der Waals surface area contributed by atoms with Crippen LogP contribution in [-0.4, -0.2) is 30.6 Å². The van der Waals surface area contributed by atoms with Crippen LogP contribution in [0.4, 0.5) is 27.6 Å². The van der Waals surface area contributed by atoms with Crippen LogP contribution in [0.5, 0.6) is 0 Å². The molecule has 2 aromatic rings. The van der Waals surface area contributed by atoms with Crippen molar-refractivity contribution in [2.24, 2.45) is 7.05 Å². The quantitative estimate of drug-likeness (QED) is 0.487. The third kappa shape index (κ3) is 4.76. The molecule has 0 aliphatic carbocycles. The number of carbonyl (C=O) groups excluding carboxylic acids is 1. The van der Waals surface area contributed by atoms with E-state index >= 15 is 0 Å². The first-order valence-corrected chi connectivity index (χ1v) is 10.2. The lowest BCUT2D eigenvalue weighted by Gasteiger charge is -2.31. The maximum atomic E-state index is 13.4. The maximum Gasteiger partial charge on any atom is 0.407 e. The van der Waals surface area contributed by atoms with Crippen LogP contribution < -0.4 is 10.0 Å². The Balaban J connectivity index is 2.33. The van der Waals surface area contributed by atoms with Gasteiger partial charge in [-0.05, 0) is 25.5 Å². The van der Waals surface area contributed by atoms with Gasteiger partial charge in [0.05, 0.1) is 5.02 Å². The molecule has 2 rings (SSSR count). The zero-order valence-electron chi connectivity index (χ0n) is 15.9. The number of aryl methyl sites for hydroxylation is 1. The van der Waals surface area contributed by atoms with Gasteiger partial charge in [-0.1, -0.05) is 18.5 Å². The summed E-state index contributed by atoms with van der Waals surface area (Å²) in [6.45, 7) is 1.88. The largest absolute Gasteiger partial charge is 0.407 e. The minimum atomic E-state index is -4.85. The van der Waals surface area contributed by atoms with Crippen LogP contribution in [-0.2, 0) is 17.1 Å². The summed E-state index contributed by atoms with van der Waals surface area (Å²) < 4.78 is 94.0. The average Bonchev–Trinajstić information content (AvgIpc) is 3.01. The van der Waals surface area contributed by atoms with Crippen LogP contribution in [0.25, 0.3) is 0 Å². The highest BCUT2D eigenvalue weighted by Crippen LogP contribution is 2.34. The lowest BCUT2D eigenvalue weighted by atomic mass is 10.0. The Labute approximate surface area is 174 Å². The summed E-state index contributed by atoms with van der Waals surface area (Å²) >= 11 is 5.50. The number of sulfonamides is 1. The van der Waals surface area contributed by atoms with E-state index in [4.69, 9.17) is 11.6 Å². The number of amides is 1. The van der Waals surface area contributed by atoms with E-state index in [0.717, 1.165) is 22.9 Å². The number of aromatic nitrogens is 1. The lowest BCUT2D eigenvalue weighted by Crippen LogP contribution is -2.55. The lowest BCUT2D eigenvalue weighted by molar-refractivity contribution is -0.186. The molecule has 0 aliphatic rings. The summed E-state index contributed by atoms with van der Waals surface area (Å²) in [5, 5.41) is 1.62. The van der Waals surface area contributed by atoms with E-state index in [-0.39, 0.29) is 11.4 Å². The number of halogens is 6. The predicted molar refractivity (Wildman–Crippen MR) is 99.8 cm³/mol. The zero-order chi connectivity index (χ0) is 23.1. The Morgan fingerprint density at radius 3 is 2.30 bits per heavy atom. The first-order chi connectivity index (χ1) is 13.6. The van der Waals surface area contributed by atoms with Crippen molar-refractivity contribution in [2.45, 2.75) is 36.9 Å². The van der Waals surface area contributed by atoms with Crippen LogP contribution in [0, 0.1) is 11.6 Å². The van der Waals surface area contributed by atoms with Gasteiger partial charge in [-0.15, -0.1) is 0 Å². The number of nitrogens with one attached hydrogen (secondary N) is 2. The molecule has 166 valence electrons. The molecule has 2 N–H and O–H groups in total. The second kappa shape index (κ2) is 8.16. The van der Waals surface area contributed by atoms with Gasteiger partial charge in [0, 0.05) is 25.0 Å². The summed E-state index contributed by atoms with van der Waals surface area (Å²) in [6, 6.07) is 2.46. The molecule has 0 saturated heterocycles. The minimum absolute atomic E-state index is 0.205. The molecule has 0 radical (unpaired) electrons. The van der Waals surface area contributed by atoms with Crippen molar-refractivity contribution in [3.8, 4) is 0 Å². The van der Waals surface area contributed by atoms with Gasteiger partial charge in [0.15, 0.2) is 11.6 Å². The highest BCUT2D eigenvalue weighted by molar-refractivity contribution is 7.89. The van der Waals surface area contributed by atoms with E-state index in [2.05, 4.69) is 5.32 Å². The Morgan fingerprint density at radius 1 is 1.20 bits per heavy atom. The second-order valence-corrected chi connectivity index (χ2v) is 8.76. The summed E-state index contributed by atoms with van der Waals surface area (Å²) in [6.07, 6.45) is -4.47. The number of anilines is 1. The standard InChI is InChI=1S/C17H17ClF5N3O3S/c1-4-16(2,17(21,22)23)25-30(28,29)10-7-13(26(3)8-10)15(27)24-9-5-11(18)14(20)12(19)6-9/h5-8,25H,4H2,1-3H3,(H,24,27). The van der Waals surface area contributed by atoms with Crippen LogP contribution in [0.15, 0.2) is 29.3 Å². The molecule has 0 fully saturated rings.